The van der Waals surface area contributed by atoms with E-state index in [0.29, 0.717) is 0 Å². The van der Waals surface area contributed by atoms with E-state index in [0.717, 1.165) is 10.7 Å². The third-order valence-electron chi connectivity index (χ3n) is 2.15. The molecule has 0 bridgehead atoms. The van der Waals surface area contributed by atoms with Gasteiger partial charge in [-0.3, -0.25) is 0 Å². The standard InChI is InChI=1S/C9H4Cl2F4N2/c10-4-1-2-17-3-16-6(7(17)5(4)12)8(11)9(13,14)15/h1-3,8H. The normalized spacial score (nSPS) is 14.2. The fourth-order valence-electron chi connectivity index (χ4n) is 1.39. The van der Waals surface area contributed by atoms with Crippen LogP contribution in [-0.2, 0) is 0 Å². The van der Waals surface area contributed by atoms with E-state index in [-0.39, 0.29) is 10.5 Å². The lowest BCUT2D eigenvalue weighted by Crippen LogP contribution is -2.16. The fourth-order valence-corrected chi connectivity index (χ4v) is 1.69. The Balaban J connectivity index is 2.67. The summed E-state index contributed by atoms with van der Waals surface area (Å²) in [6.07, 6.45) is -2.35. The van der Waals surface area contributed by atoms with Gasteiger partial charge in [-0.1, -0.05) is 11.6 Å². The number of hydrogen-bond donors (Lipinski definition) is 0. The lowest BCUT2D eigenvalue weighted by molar-refractivity contribution is -0.132. The van der Waals surface area contributed by atoms with Gasteiger partial charge in [0.1, 0.15) is 5.52 Å². The van der Waals surface area contributed by atoms with Crippen LogP contribution in [0.15, 0.2) is 18.6 Å². The van der Waals surface area contributed by atoms with Crippen molar-refractivity contribution in [3.8, 4) is 0 Å². The van der Waals surface area contributed by atoms with Crippen molar-refractivity contribution in [3.05, 3.63) is 35.1 Å². The van der Waals surface area contributed by atoms with E-state index in [4.69, 9.17) is 23.2 Å². The number of nitrogens with zero attached hydrogens (tertiary/aromatic N) is 2. The van der Waals surface area contributed by atoms with Gasteiger partial charge >= 0.3 is 6.18 Å². The van der Waals surface area contributed by atoms with Crippen molar-refractivity contribution in [2.24, 2.45) is 0 Å². The first-order chi connectivity index (χ1) is 7.82. The summed E-state index contributed by atoms with van der Waals surface area (Å²) in [6, 6.07) is 1.21. The van der Waals surface area contributed by atoms with Gasteiger partial charge in [0.05, 0.1) is 17.0 Å². The molecule has 2 aromatic rings. The van der Waals surface area contributed by atoms with Gasteiger partial charge in [-0.15, -0.1) is 11.6 Å². The van der Waals surface area contributed by atoms with Gasteiger partial charge in [-0.25, -0.2) is 9.37 Å². The van der Waals surface area contributed by atoms with E-state index in [2.05, 4.69) is 4.98 Å². The van der Waals surface area contributed by atoms with E-state index in [9.17, 15) is 17.6 Å². The van der Waals surface area contributed by atoms with Crippen LogP contribution in [0.5, 0.6) is 0 Å². The second kappa shape index (κ2) is 4.03. The first-order valence-electron chi connectivity index (χ1n) is 4.33. The predicted octanol–water partition coefficient (Wildman–Crippen LogP) is 3.97. The minimum atomic E-state index is -4.70. The molecule has 0 saturated heterocycles. The second-order valence-corrected chi connectivity index (χ2v) is 4.11. The highest BCUT2D eigenvalue weighted by Gasteiger charge is 2.42. The average Bonchev–Trinajstić information content (AvgIpc) is 2.65. The molecule has 0 N–H and O–H groups in total. The lowest BCUT2D eigenvalue weighted by atomic mass is 10.2. The van der Waals surface area contributed by atoms with Crippen LogP contribution in [0.25, 0.3) is 5.52 Å². The number of pyridine rings is 1. The van der Waals surface area contributed by atoms with Crippen molar-refractivity contribution in [1.82, 2.24) is 9.38 Å². The van der Waals surface area contributed by atoms with Gasteiger partial charge in [-0.05, 0) is 6.07 Å². The Hall–Kier alpha value is -1.01. The van der Waals surface area contributed by atoms with Crippen molar-refractivity contribution < 1.29 is 17.6 Å². The molecular weight excluding hydrogens is 283 g/mol. The molecule has 0 aliphatic carbocycles. The molecule has 2 aromatic heterocycles. The predicted molar refractivity (Wildman–Crippen MR) is 54.8 cm³/mol. The van der Waals surface area contributed by atoms with Crippen LogP contribution < -0.4 is 0 Å². The monoisotopic (exact) mass is 286 g/mol. The summed E-state index contributed by atoms with van der Waals surface area (Å²) < 4.78 is 52.0. The fraction of sp³-hybridized carbons (Fsp3) is 0.222. The minimum absolute atomic E-state index is 0.287. The topological polar surface area (TPSA) is 17.3 Å². The largest absolute Gasteiger partial charge is 0.410 e. The molecule has 2 rings (SSSR count). The molecule has 0 aromatic carbocycles. The Bertz CT molecular complexity index is 564. The number of imidazole rings is 1. The number of alkyl halides is 4. The van der Waals surface area contributed by atoms with Crippen LogP contribution in [0.2, 0.25) is 5.02 Å². The number of fused-ring (bicyclic) bond motifs is 1. The summed E-state index contributed by atoms with van der Waals surface area (Å²) in [5.41, 5.74) is -0.964. The van der Waals surface area contributed by atoms with Gasteiger partial charge in [0.25, 0.3) is 0 Å². The zero-order valence-corrected chi connectivity index (χ0v) is 9.48. The van der Waals surface area contributed by atoms with Crippen LogP contribution in [0.3, 0.4) is 0 Å². The highest BCUT2D eigenvalue weighted by Crippen LogP contribution is 2.39. The third-order valence-corrected chi connectivity index (χ3v) is 2.89. The quantitative estimate of drug-likeness (QED) is 0.573. The Labute approximate surface area is 103 Å². The molecular formula is C9H4Cl2F4N2. The van der Waals surface area contributed by atoms with Gasteiger partial charge < -0.3 is 4.40 Å². The average molecular weight is 287 g/mol. The third kappa shape index (κ3) is 2.07. The molecule has 8 heteroatoms. The molecule has 0 saturated carbocycles. The zero-order chi connectivity index (χ0) is 12.8. The molecule has 1 unspecified atom stereocenters. The number of aromatic nitrogens is 2. The first-order valence-corrected chi connectivity index (χ1v) is 5.15. The summed E-state index contributed by atoms with van der Waals surface area (Å²) in [5, 5.41) is -2.66. The number of rotatable bonds is 1. The number of hydrogen-bond acceptors (Lipinski definition) is 1. The van der Waals surface area contributed by atoms with E-state index in [1.807, 2.05) is 0 Å². The van der Waals surface area contributed by atoms with E-state index in [1.165, 1.54) is 12.3 Å². The molecule has 0 fully saturated rings. The van der Waals surface area contributed by atoms with E-state index >= 15 is 0 Å². The second-order valence-electron chi connectivity index (χ2n) is 3.27. The zero-order valence-electron chi connectivity index (χ0n) is 7.97. The van der Waals surface area contributed by atoms with Crippen molar-refractivity contribution in [2.75, 3.05) is 0 Å². The molecule has 2 nitrogen and oxygen atoms in total. The molecule has 0 amide bonds. The summed E-state index contributed by atoms with van der Waals surface area (Å²) in [7, 11) is 0. The van der Waals surface area contributed by atoms with Gasteiger partial charge in [-0.2, -0.15) is 13.2 Å². The van der Waals surface area contributed by atoms with E-state index in [1.54, 1.807) is 0 Å². The van der Waals surface area contributed by atoms with E-state index < -0.39 is 23.1 Å². The van der Waals surface area contributed by atoms with Gasteiger partial charge in [0, 0.05) is 6.20 Å². The Kier molecular flexibility index (Phi) is 2.95. The molecule has 2 heterocycles. The molecule has 0 aliphatic rings. The van der Waals surface area contributed by atoms with Crippen LogP contribution in [-0.4, -0.2) is 15.6 Å². The molecule has 17 heavy (non-hydrogen) atoms. The lowest BCUT2D eigenvalue weighted by Gasteiger charge is -2.12. The molecule has 0 aliphatic heterocycles. The van der Waals surface area contributed by atoms with Crippen molar-refractivity contribution in [1.29, 1.82) is 0 Å². The summed E-state index contributed by atoms with van der Waals surface area (Å²) in [5.74, 6) is -0.975. The first kappa shape index (κ1) is 12.4. The summed E-state index contributed by atoms with van der Waals surface area (Å²) >= 11 is 10.7. The molecule has 0 radical (unpaired) electrons. The maximum atomic E-state index is 13.6. The smallest absolute Gasteiger partial charge is 0.303 e. The van der Waals surface area contributed by atoms with Crippen LogP contribution >= 0.6 is 23.2 Å². The molecule has 92 valence electrons. The van der Waals surface area contributed by atoms with Crippen molar-refractivity contribution in [3.63, 3.8) is 0 Å². The number of halogens is 6. The van der Waals surface area contributed by atoms with Gasteiger partial charge in [0.2, 0.25) is 0 Å². The maximum Gasteiger partial charge on any atom is 0.410 e. The minimum Gasteiger partial charge on any atom is -0.303 e. The van der Waals surface area contributed by atoms with Crippen molar-refractivity contribution >= 4 is 28.7 Å². The Morgan fingerprint density at radius 2 is 2.00 bits per heavy atom. The highest BCUT2D eigenvalue weighted by atomic mass is 35.5. The summed E-state index contributed by atoms with van der Waals surface area (Å²) in [6.45, 7) is 0. The SMILES string of the molecule is Fc1c(Cl)ccn2cnc(C(Cl)C(F)(F)F)c12. The summed E-state index contributed by atoms with van der Waals surface area (Å²) in [4.78, 5) is 3.48. The molecule has 1 atom stereocenters. The maximum absolute atomic E-state index is 13.6. The highest BCUT2D eigenvalue weighted by molar-refractivity contribution is 6.31. The Morgan fingerprint density at radius 1 is 1.35 bits per heavy atom. The van der Waals surface area contributed by atoms with Gasteiger partial charge in [0.15, 0.2) is 11.2 Å². The van der Waals surface area contributed by atoms with Crippen LogP contribution in [0, 0.1) is 5.82 Å². The van der Waals surface area contributed by atoms with Crippen LogP contribution in [0.1, 0.15) is 11.1 Å². The molecule has 0 spiro atoms. The van der Waals surface area contributed by atoms with Crippen LogP contribution in [0.4, 0.5) is 17.6 Å². The van der Waals surface area contributed by atoms with Crippen molar-refractivity contribution in [2.45, 2.75) is 11.6 Å². The Morgan fingerprint density at radius 3 is 2.59 bits per heavy atom.